The van der Waals surface area contributed by atoms with Gasteiger partial charge in [-0.25, -0.2) is 0 Å². The molecule has 2 aromatic rings. The Labute approximate surface area is 218 Å². The Hall–Kier alpha value is -2.32. The van der Waals surface area contributed by atoms with Crippen LogP contribution in [0.5, 0.6) is 0 Å². The first-order valence-electron chi connectivity index (χ1n) is 13.0. The van der Waals surface area contributed by atoms with Crippen LogP contribution in [-0.2, 0) is 6.18 Å². The van der Waals surface area contributed by atoms with E-state index in [0.717, 1.165) is 76.5 Å². The molecule has 8 heteroatoms. The van der Waals surface area contributed by atoms with Gasteiger partial charge in [-0.15, -0.1) is 0 Å². The number of piperazine rings is 1. The SMILES string of the molecule is Cc1ccc(N2CCN(CCCC(=S)N3CCC(Nc4ccc(C)c(C(F)(F)F)c4)CC3)CC2)cc1. The lowest BCUT2D eigenvalue weighted by atomic mass is 10.0. The van der Waals surface area contributed by atoms with E-state index in [1.807, 2.05) is 0 Å². The van der Waals surface area contributed by atoms with E-state index in [-0.39, 0.29) is 11.6 Å². The van der Waals surface area contributed by atoms with Crippen LogP contribution in [-0.4, -0.2) is 66.6 Å². The zero-order valence-corrected chi connectivity index (χ0v) is 22.1. The minimum atomic E-state index is -4.33. The van der Waals surface area contributed by atoms with Gasteiger partial charge in [-0.2, -0.15) is 13.2 Å². The largest absolute Gasteiger partial charge is 0.416 e. The monoisotopic (exact) mass is 518 g/mol. The van der Waals surface area contributed by atoms with E-state index in [1.54, 1.807) is 6.07 Å². The molecule has 0 spiro atoms. The molecule has 4 rings (SSSR count). The number of alkyl halides is 3. The molecule has 2 heterocycles. The number of benzene rings is 2. The van der Waals surface area contributed by atoms with Crippen molar-refractivity contribution in [2.75, 3.05) is 56.0 Å². The van der Waals surface area contributed by atoms with Crippen LogP contribution in [0.2, 0.25) is 0 Å². The van der Waals surface area contributed by atoms with Crippen molar-refractivity contribution in [1.82, 2.24) is 9.80 Å². The second kappa shape index (κ2) is 11.8. The average Bonchev–Trinajstić information content (AvgIpc) is 2.86. The summed E-state index contributed by atoms with van der Waals surface area (Å²) in [5.74, 6) is 0. The average molecular weight is 519 g/mol. The zero-order chi connectivity index (χ0) is 25.7. The predicted octanol–water partition coefficient (Wildman–Crippen LogP) is 6.13. The van der Waals surface area contributed by atoms with Gasteiger partial charge in [0.25, 0.3) is 0 Å². The van der Waals surface area contributed by atoms with Crippen molar-refractivity contribution in [2.24, 2.45) is 0 Å². The Kier molecular flexibility index (Phi) is 8.78. The molecule has 0 amide bonds. The third kappa shape index (κ3) is 7.13. The lowest BCUT2D eigenvalue weighted by molar-refractivity contribution is -0.138. The molecule has 0 aliphatic carbocycles. The first-order chi connectivity index (χ1) is 17.2. The molecule has 36 heavy (non-hydrogen) atoms. The van der Waals surface area contributed by atoms with E-state index >= 15 is 0 Å². The number of hydrogen-bond donors (Lipinski definition) is 1. The fourth-order valence-corrected chi connectivity index (χ4v) is 5.45. The molecular weight excluding hydrogens is 481 g/mol. The summed E-state index contributed by atoms with van der Waals surface area (Å²) < 4.78 is 39.6. The molecule has 0 radical (unpaired) electrons. The topological polar surface area (TPSA) is 21.8 Å². The number of anilines is 2. The van der Waals surface area contributed by atoms with Gasteiger partial charge in [0.1, 0.15) is 0 Å². The van der Waals surface area contributed by atoms with Gasteiger partial charge in [0.05, 0.1) is 10.6 Å². The highest BCUT2D eigenvalue weighted by Gasteiger charge is 2.32. The standard InChI is InChI=1S/C28H37F3N4S/c1-21-5-9-25(10-6-21)34-18-16-33(17-19-34)13-3-4-27(36)35-14-11-23(12-15-35)32-24-8-7-22(2)26(20-24)28(29,30)31/h5-10,20,23,32H,3-4,11-19H2,1-2H3. The number of nitrogens with one attached hydrogen (secondary N) is 1. The normalized spacial score (nSPS) is 17.9. The van der Waals surface area contributed by atoms with Gasteiger partial charge in [-0.3, -0.25) is 4.90 Å². The molecule has 4 nitrogen and oxygen atoms in total. The minimum absolute atomic E-state index is 0.165. The van der Waals surface area contributed by atoms with Crippen LogP contribution in [0.4, 0.5) is 24.5 Å². The summed E-state index contributed by atoms with van der Waals surface area (Å²) in [6, 6.07) is 13.4. The second-order valence-corrected chi connectivity index (χ2v) is 10.6. The molecule has 0 aromatic heterocycles. The van der Waals surface area contributed by atoms with Crippen LogP contribution in [0.25, 0.3) is 0 Å². The number of hydrogen-bond acceptors (Lipinski definition) is 4. The van der Waals surface area contributed by atoms with E-state index in [0.29, 0.717) is 5.69 Å². The number of nitrogens with zero attached hydrogens (tertiary/aromatic N) is 3. The van der Waals surface area contributed by atoms with E-state index in [4.69, 9.17) is 12.2 Å². The second-order valence-electron chi connectivity index (χ2n) is 10.1. The number of aryl methyl sites for hydroxylation is 2. The third-order valence-electron chi connectivity index (χ3n) is 7.40. The summed E-state index contributed by atoms with van der Waals surface area (Å²) in [5, 5.41) is 3.30. The summed E-state index contributed by atoms with van der Waals surface area (Å²) in [6.45, 7) is 10.6. The van der Waals surface area contributed by atoms with Crippen LogP contribution in [0, 0.1) is 13.8 Å². The van der Waals surface area contributed by atoms with Gasteiger partial charge in [-0.1, -0.05) is 36.0 Å². The van der Waals surface area contributed by atoms with Crippen LogP contribution in [0.3, 0.4) is 0 Å². The quantitative estimate of drug-likeness (QED) is 0.444. The fraction of sp³-hybridized carbons (Fsp3) is 0.536. The van der Waals surface area contributed by atoms with Gasteiger partial charge in [0, 0.05) is 56.7 Å². The van der Waals surface area contributed by atoms with Crippen molar-refractivity contribution >= 4 is 28.6 Å². The highest BCUT2D eigenvalue weighted by atomic mass is 32.1. The summed E-state index contributed by atoms with van der Waals surface area (Å²) in [4.78, 5) is 8.28. The predicted molar refractivity (Wildman–Crippen MR) is 146 cm³/mol. The maximum atomic E-state index is 13.2. The van der Waals surface area contributed by atoms with E-state index in [1.165, 1.54) is 30.3 Å². The summed E-state index contributed by atoms with van der Waals surface area (Å²) >= 11 is 5.73. The number of likely N-dealkylation sites (tertiary alicyclic amines) is 1. The van der Waals surface area contributed by atoms with E-state index in [9.17, 15) is 13.2 Å². The number of piperidine rings is 1. The van der Waals surface area contributed by atoms with Gasteiger partial charge in [0.15, 0.2) is 0 Å². The Bertz CT molecular complexity index is 1010. The van der Waals surface area contributed by atoms with Crippen molar-refractivity contribution in [3.05, 3.63) is 59.2 Å². The Morgan fingerprint density at radius 1 is 0.944 bits per heavy atom. The Morgan fingerprint density at radius 2 is 1.61 bits per heavy atom. The van der Waals surface area contributed by atoms with Crippen molar-refractivity contribution in [3.63, 3.8) is 0 Å². The minimum Gasteiger partial charge on any atom is -0.382 e. The molecule has 196 valence electrons. The highest BCUT2D eigenvalue weighted by molar-refractivity contribution is 7.80. The van der Waals surface area contributed by atoms with Crippen LogP contribution in [0.15, 0.2) is 42.5 Å². The first kappa shape index (κ1) is 26.7. The molecule has 0 unspecified atom stereocenters. The molecule has 1 N–H and O–H groups in total. The Balaban J connectivity index is 1.14. The molecule has 0 bridgehead atoms. The van der Waals surface area contributed by atoms with Crippen molar-refractivity contribution in [2.45, 2.75) is 51.7 Å². The smallest absolute Gasteiger partial charge is 0.382 e. The highest BCUT2D eigenvalue weighted by Crippen LogP contribution is 2.34. The summed E-state index contributed by atoms with van der Waals surface area (Å²) in [7, 11) is 0. The van der Waals surface area contributed by atoms with Gasteiger partial charge in [-0.05, 0) is 75.9 Å². The van der Waals surface area contributed by atoms with Gasteiger partial charge in [0.2, 0.25) is 0 Å². The number of halogens is 3. The number of thiocarbonyl (C=S) groups is 1. The van der Waals surface area contributed by atoms with Crippen molar-refractivity contribution in [3.8, 4) is 0 Å². The Morgan fingerprint density at radius 3 is 2.25 bits per heavy atom. The van der Waals surface area contributed by atoms with Crippen molar-refractivity contribution in [1.29, 1.82) is 0 Å². The third-order valence-corrected chi connectivity index (χ3v) is 7.86. The molecule has 2 aliphatic rings. The summed E-state index contributed by atoms with van der Waals surface area (Å²) in [5.41, 5.74) is 2.82. The van der Waals surface area contributed by atoms with Gasteiger partial charge < -0.3 is 15.1 Å². The van der Waals surface area contributed by atoms with E-state index in [2.05, 4.69) is 51.2 Å². The zero-order valence-electron chi connectivity index (χ0n) is 21.3. The van der Waals surface area contributed by atoms with Gasteiger partial charge >= 0.3 is 6.18 Å². The fourth-order valence-electron chi connectivity index (χ4n) is 5.12. The first-order valence-corrected chi connectivity index (χ1v) is 13.4. The number of rotatable bonds is 7. The molecule has 2 saturated heterocycles. The lowest BCUT2D eigenvalue weighted by Crippen LogP contribution is -2.47. The molecule has 2 aromatic carbocycles. The molecule has 2 aliphatic heterocycles. The maximum absolute atomic E-state index is 13.2. The molecule has 0 atom stereocenters. The van der Waals surface area contributed by atoms with Crippen LogP contribution in [0.1, 0.15) is 42.4 Å². The van der Waals surface area contributed by atoms with Crippen molar-refractivity contribution < 1.29 is 13.2 Å². The molecule has 0 saturated carbocycles. The molecular formula is C28H37F3N4S. The lowest BCUT2D eigenvalue weighted by Gasteiger charge is -2.37. The van der Waals surface area contributed by atoms with Crippen LogP contribution < -0.4 is 10.2 Å². The van der Waals surface area contributed by atoms with Crippen LogP contribution >= 0.6 is 12.2 Å². The van der Waals surface area contributed by atoms with E-state index < -0.39 is 11.7 Å². The molecule has 2 fully saturated rings. The summed E-state index contributed by atoms with van der Waals surface area (Å²) in [6.07, 6.45) is -0.609. The maximum Gasteiger partial charge on any atom is 0.416 e.